The van der Waals surface area contributed by atoms with E-state index < -0.39 is 5.97 Å². The van der Waals surface area contributed by atoms with Gasteiger partial charge in [-0.25, -0.2) is 0 Å². The van der Waals surface area contributed by atoms with Crippen LogP contribution in [0.4, 0.5) is 0 Å². The molecule has 0 bridgehead atoms. The van der Waals surface area contributed by atoms with Crippen LogP contribution in [0.15, 0.2) is 18.2 Å². The van der Waals surface area contributed by atoms with Crippen molar-refractivity contribution in [3.63, 3.8) is 0 Å². The zero-order chi connectivity index (χ0) is 10.8. The number of benzene rings is 1. The molecule has 1 aliphatic rings. The molecule has 0 saturated heterocycles. The van der Waals surface area contributed by atoms with Crippen LogP contribution in [-0.4, -0.2) is 17.7 Å². The molecule has 0 aliphatic carbocycles. The standard InChI is InChI=1S/C11H9ClO3/c12-9-4-3-7(6-10(13)14)8-2-1-5-15-11(8)9/h1-4H,5-6H2,(H,13,14). The molecule has 4 heteroatoms. The average molecular weight is 225 g/mol. The number of carboxylic acid groups (broad SMARTS) is 1. The summed E-state index contributed by atoms with van der Waals surface area (Å²) in [6, 6.07) is 3.38. The molecule has 15 heavy (non-hydrogen) atoms. The van der Waals surface area contributed by atoms with Gasteiger partial charge in [0.15, 0.2) is 0 Å². The van der Waals surface area contributed by atoms with Gasteiger partial charge in [-0.05, 0) is 17.7 Å². The van der Waals surface area contributed by atoms with Gasteiger partial charge in [-0.1, -0.05) is 23.7 Å². The van der Waals surface area contributed by atoms with Gasteiger partial charge >= 0.3 is 5.97 Å². The van der Waals surface area contributed by atoms with Gasteiger partial charge in [0.25, 0.3) is 0 Å². The summed E-state index contributed by atoms with van der Waals surface area (Å²) >= 11 is 5.94. The monoisotopic (exact) mass is 224 g/mol. The van der Waals surface area contributed by atoms with Crippen LogP contribution in [0.5, 0.6) is 5.75 Å². The second-order valence-corrected chi connectivity index (χ2v) is 3.64. The fraction of sp³-hybridized carbons (Fsp3) is 0.182. The maximum Gasteiger partial charge on any atom is 0.307 e. The van der Waals surface area contributed by atoms with Gasteiger partial charge in [0.1, 0.15) is 12.4 Å². The lowest BCUT2D eigenvalue weighted by Gasteiger charge is -2.16. The number of carboxylic acids is 1. The van der Waals surface area contributed by atoms with Gasteiger partial charge in [0, 0.05) is 5.56 Å². The van der Waals surface area contributed by atoms with Crippen molar-refractivity contribution in [3.05, 3.63) is 34.4 Å². The largest absolute Gasteiger partial charge is 0.487 e. The lowest BCUT2D eigenvalue weighted by molar-refractivity contribution is -0.136. The molecule has 0 radical (unpaired) electrons. The Kier molecular flexibility index (Phi) is 2.64. The predicted molar refractivity (Wildman–Crippen MR) is 57.3 cm³/mol. The average Bonchev–Trinajstić information content (AvgIpc) is 2.22. The van der Waals surface area contributed by atoms with Crippen molar-refractivity contribution in [3.8, 4) is 5.75 Å². The van der Waals surface area contributed by atoms with Gasteiger partial charge in [-0.15, -0.1) is 0 Å². The Balaban J connectivity index is 2.49. The molecule has 78 valence electrons. The molecule has 3 nitrogen and oxygen atoms in total. The van der Waals surface area contributed by atoms with Crippen LogP contribution in [0.25, 0.3) is 6.08 Å². The highest BCUT2D eigenvalue weighted by molar-refractivity contribution is 6.32. The Morgan fingerprint density at radius 2 is 2.33 bits per heavy atom. The Morgan fingerprint density at radius 1 is 1.53 bits per heavy atom. The third-order valence-corrected chi connectivity index (χ3v) is 2.49. The Hall–Kier alpha value is -1.48. The molecule has 1 aromatic carbocycles. The van der Waals surface area contributed by atoms with Crippen LogP contribution >= 0.6 is 11.6 Å². The highest BCUT2D eigenvalue weighted by Crippen LogP contribution is 2.34. The van der Waals surface area contributed by atoms with Crippen LogP contribution in [-0.2, 0) is 11.2 Å². The molecule has 0 fully saturated rings. The summed E-state index contributed by atoms with van der Waals surface area (Å²) in [6.07, 6.45) is 3.67. The minimum Gasteiger partial charge on any atom is -0.487 e. The Bertz CT molecular complexity index is 438. The maximum atomic E-state index is 10.6. The van der Waals surface area contributed by atoms with Crippen molar-refractivity contribution < 1.29 is 14.6 Å². The summed E-state index contributed by atoms with van der Waals surface area (Å²) in [5.74, 6) is -0.281. The van der Waals surface area contributed by atoms with Crippen LogP contribution in [0.3, 0.4) is 0 Å². The summed E-state index contributed by atoms with van der Waals surface area (Å²) in [5, 5.41) is 9.26. The first kappa shape index (κ1) is 10.1. The van der Waals surface area contributed by atoms with Crippen molar-refractivity contribution in [1.82, 2.24) is 0 Å². The van der Waals surface area contributed by atoms with E-state index in [4.69, 9.17) is 21.4 Å². The number of rotatable bonds is 2. The molecular formula is C11H9ClO3. The zero-order valence-corrected chi connectivity index (χ0v) is 8.62. The topological polar surface area (TPSA) is 46.5 Å². The summed E-state index contributed by atoms with van der Waals surface area (Å²) < 4.78 is 5.36. The first-order valence-electron chi connectivity index (χ1n) is 4.51. The summed E-state index contributed by atoms with van der Waals surface area (Å²) in [5.41, 5.74) is 1.49. The van der Waals surface area contributed by atoms with E-state index in [9.17, 15) is 4.79 Å². The van der Waals surface area contributed by atoms with Crippen molar-refractivity contribution >= 4 is 23.6 Å². The highest BCUT2D eigenvalue weighted by Gasteiger charge is 2.15. The quantitative estimate of drug-likeness (QED) is 0.839. The van der Waals surface area contributed by atoms with E-state index in [-0.39, 0.29) is 6.42 Å². The smallest absolute Gasteiger partial charge is 0.307 e. The molecule has 0 unspecified atom stereocenters. The molecule has 1 aromatic rings. The van der Waals surface area contributed by atoms with Gasteiger partial charge < -0.3 is 9.84 Å². The van der Waals surface area contributed by atoms with Gasteiger partial charge in [0.05, 0.1) is 11.4 Å². The third-order valence-electron chi connectivity index (χ3n) is 2.19. The van der Waals surface area contributed by atoms with Crippen molar-refractivity contribution in [2.45, 2.75) is 6.42 Å². The molecule has 2 rings (SSSR count). The molecular weight excluding hydrogens is 216 g/mol. The van der Waals surface area contributed by atoms with Crippen molar-refractivity contribution in [2.24, 2.45) is 0 Å². The highest BCUT2D eigenvalue weighted by atomic mass is 35.5. The maximum absolute atomic E-state index is 10.6. The van der Waals surface area contributed by atoms with Gasteiger partial charge in [0.2, 0.25) is 0 Å². The minimum absolute atomic E-state index is 0.0206. The predicted octanol–water partition coefficient (Wildman–Crippen LogP) is 2.37. The Morgan fingerprint density at radius 3 is 3.07 bits per heavy atom. The molecule has 0 spiro atoms. The SMILES string of the molecule is O=C(O)Cc1ccc(Cl)c2c1C=CCO2. The molecule has 0 amide bonds. The van der Waals surface area contributed by atoms with E-state index in [0.717, 1.165) is 11.1 Å². The normalized spacial score (nSPS) is 13.1. The van der Waals surface area contributed by atoms with Crippen molar-refractivity contribution in [2.75, 3.05) is 6.61 Å². The van der Waals surface area contributed by atoms with E-state index in [1.807, 2.05) is 12.2 Å². The second-order valence-electron chi connectivity index (χ2n) is 3.23. The van der Waals surface area contributed by atoms with E-state index in [0.29, 0.717) is 17.4 Å². The number of carbonyl (C=O) groups is 1. The summed E-state index contributed by atoms with van der Waals surface area (Å²) in [6.45, 7) is 0.475. The van der Waals surface area contributed by atoms with Crippen LogP contribution in [0, 0.1) is 0 Å². The molecule has 1 heterocycles. The number of hydrogen-bond acceptors (Lipinski definition) is 2. The van der Waals surface area contributed by atoms with E-state index >= 15 is 0 Å². The first-order valence-corrected chi connectivity index (χ1v) is 4.89. The third kappa shape index (κ3) is 1.97. The summed E-state index contributed by atoms with van der Waals surface area (Å²) in [4.78, 5) is 10.6. The van der Waals surface area contributed by atoms with Gasteiger partial charge in [-0.3, -0.25) is 4.79 Å². The summed E-state index contributed by atoms with van der Waals surface area (Å²) in [7, 11) is 0. The van der Waals surface area contributed by atoms with Crippen LogP contribution < -0.4 is 4.74 Å². The second kappa shape index (κ2) is 3.95. The number of aliphatic carboxylic acids is 1. The molecule has 0 saturated carbocycles. The van der Waals surface area contributed by atoms with E-state index in [2.05, 4.69) is 0 Å². The molecule has 1 aliphatic heterocycles. The van der Waals surface area contributed by atoms with Crippen LogP contribution in [0.1, 0.15) is 11.1 Å². The minimum atomic E-state index is -0.863. The van der Waals surface area contributed by atoms with Crippen LogP contribution in [0.2, 0.25) is 5.02 Å². The number of hydrogen-bond donors (Lipinski definition) is 1. The number of fused-ring (bicyclic) bond motifs is 1. The molecule has 0 atom stereocenters. The van der Waals surface area contributed by atoms with E-state index in [1.165, 1.54) is 0 Å². The van der Waals surface area contributed by atoms with E-state index in [1.54, 1.807) is 12.1 Å². The first-order chi connectivity index (χ1) is 7.18. The zero-order valence-electron chi connectivity index (χ0n) is 7.87. The Labute approximate surface area is 91.9 Å². The molecule has 0 aromatic heterocycles. The molecule has 1 N–H and O–H groups in total. The van der Waals surface area contributed by atoms with Gasteiger partial charge in [-0.2, -0.15) is 0 Å². The number of ether oxygens (including phenoxy) is 1. The van der Waals surface area contributed by atoms with Crippen molar-refractivity contribution in [1.29, 1.82) is 0 Å². The number of halogens is 1. The fourth-order valence-electron chi connectivity index (χ4n) is 1.56. The fourth-order valence-corrected chi connectivity index (χ4v) is 1.78. The lowest BCUT2D eigenvalue weighted by Crippen LogP contribution is -2.07. The lowest BCUT2D eigenvalue weighted by atomic mass is 10.0.